The third-order valence-corrected chi connectivity index (χ3v) is 4.34. The summed E-state index contributed by atoms with van der Waals surface area (Å²) in [5, 5.41) is 10.4. The topological polar surface area (TPSA) is 68.7 Å². The molecule has 25 heavy (non-hydrogen) atoms. The van der Waals surface area contributed by atoms with Crippen molar-refractivity contribution in [2.45, 2.75) is 6.92 Å². The lowest BCUT2D eigenvalue weighted by Gasteiger charge is -2.13. The second-order valence-corrected chi connectivity index (χ2v) is 5.92. The third-order valence-electron chi connectivity index (χ3n) is 4.02. The van der Waals surface area contributed by atoms with Gasteiger partial charge < -0.3 is 14.6 Å². The summed E-state index contributed by atoms with van der Waals surface area (Å²) in [7, 11) is 3.11. The van der Waals surface area contributed by atoms with Gasteiger partial charge in [-0.15, -0.1) is 0 Å². The van der Waals surface area contributed by atoms with E-state index in [1.807, 2.05) is 13.0 Å². The van der Waals surface area contributed by atoms with E-state index in [0.717, 1.165) is 5.56 Å². The van der Waals surface area contributed by atoms with Crippen molar-refractivity contribution in [2.75, 3.05) is 14.2 Å². The number of aromatic nitrogens is 1. The molecule has 5 nitrogen and oxygen atoms in total. The van der Waals surface area contributed by atoms with Crippen molar-refractivity contribution in [1.82, 2.24) is 4.98 Å². The van der Waals surface area contributed by atoms with Crippen molar-refractivity contribution in [2.24, 2.45) is 0 Å². The summed E-state index contributed by atoms with van der Waals surface area (Å²) >= 11 is 6.23. The summed E-state index contributed by atoms with van der Waals surface area (Å²) in [5.74, 6) is 0.129. The van der Waals surface area contributed by atoms with E-state index in [2.05, 4.69) is 4.98 Å². The molecule has 0 bridgehead atoms. The van der Waals surface area contributed by atoms with Crippen molar-refractivity contribution < 1.29 is 19.4 Å². The van der Waals surface area contributed by atoms with Crippen LogP contribution in [0.5, 0.6) is 11.5 Å². The molecule has 0 saturated heterocycles. The number of carboxylic acids is 1. The van der Waals surface area contributed by atoms with Gasteiger partial charge in [0.25, 0.3) is 0 Å². The molecule has 6 heteroatoms. The van der Waals surface area contributed by atoms with Gasteiger partial charge >= 0.3 is 5.97 Å². The SMILES string of the molecule is COc1ccc(OC)c(-c2cc(C(=O)O)c3c(Cl)ccc(C)c3n2)c1. The molecule has 0 aliphatic heterocycles. The zero-order valence-electron chi connectivity index (χ0n) is 14.0. The molecule has 2 aromatic carbocycles. The highest BCUT2D eigenvalue weighted by Gasteiger charge is 2.19. The van der Waals surface area contributed by atoms with Crippen LogP contribution < -0.4 is 9.47 Å². The minimum absolute atomic E-state index is 0.0959. The number of aromatic carboxylic acids is 1. The molecule has 0 radical (unpaired) electrons. The highest BCUT2D eigenvalue weighted by Crippen LogP contribution is 2.36. The monoisotopic (exact) mass is 357 g/mol. The number of rotatable bonds is 4. The Labute approximate surface area is 149 Å². The van der Waals surface area contributed by atoms with E-state index in [-0.39, 0.29) is 5.56 Å². The first-order valence-corrected chi connectivity index (χ1v) is 7.89. The van der Waals surface area contributed by atoms with Crippen LogP contribution in [0.15, 0.2) is 36.4 Å². The molecule has 0 aliphatic rings. The van der Waals surface area contributed by atoms with Crippen LogP contribution in [0.1, 0.15) is 15.9 Å². The molecule has 0 saturated carbocycles. The molecule has 0 fully saturated rings. The molecule has 0 aliphatic carbocycles. The van der Waals surface area contributed by atoms with Crippen molar-refractivity contribution >= 4 is 28.5 Å². The van der Waals surface area contributed by atoms with E-state index in [1.54, 1.807) is 38.5 Å². The van der Waals surface area contributed by atoms with E-state index >= 15 is 0 Å². The summed E-state index contributed by atoms with van der Waals surface area (Å²) in [5.41, 5.74) is 2.60. The summed E-state index contributed by atoms with van der Waals surface area (Å²) in [6.45, 7) is 1.86. The van der Waals surface area contributed by atoms with Crippen LogP contribution in [-0.2, 0) is 0 Å². The van der Waals surface area contributed by atoms with E-state index in [0.29, 0.717) is 38.7 Å². The van der Waals surface area contributed by atoms with Gasteiger partial charge in [0, 0.05) is 10.9 Å². The zero-order chi connectivity index (χ0) is 18.1. The standard InChI is InChI=1S/C19H16ClNO4/c1-10-4-6-14(20)17-13(19(22)23)9-15(21-18(10)17)12-8-11(24-2)5-7-16(12)25-3/h4-9H,1-3H3,(H,22,23). The highest BCUT2D eigenvalue weighted by molar-refractivity contribution is 6.36. The second kappa shape index (κ2) is 6.61. The van der Waals surface area contributed by atoms with E-state index in [9.17, 15) is 9.90 Å². The van der Waals surface area contributed by atoms with Gasteiger partial charge in [-0.1, -0.05) is 17.7 Å². The maximum absolute atomic E-state index is 11.8. The Morgan fingerprint density at radius 1 is 1.12 bits per heavy atom. The maximum atomic E-state index is 11.8. The largest absolute Gasteiger partial charge is 0.497 e. The number of carbonyl (C=O) groups is 1. The van der Waals surface area contributed by atoms with Gasteiger partial charge in [-0.05, 0) is 42.8 Å². The summed E-state index contributed by atoms with van der Waals surface area (Å²) in [6.07, 6.45) is 0. The minimum atomic E-state index is -1.07. The van der Waals surface area contributed by atoms with E-state index < -0.39 is 5.97 Å². The van der Waals surface area contributed by atoms with Gasteiger partial charge in [0.15, 0.2) is 0 Å². The summed E-state index contributed by atoms with van der Waals surface area (Å²) in [6, 6.07) is 10.3. The fourth-order valence-electron chi connectivity index (χ4n) is 2.75. The molecule has 1 heterocycles. The molecule has 0 unspecified atom stereocenters. The average Bonchev–Trinajstić information content (AvgIpc) is 2.63. The lowest BCUT2D eigenvalue weighted by molar-refractivity contribution is 0.0699. The first-order chi connectivity index (χ1) is 12.0. The molecule has 3 rings (SSSR count). The smallest absolute Gasteiger partial charge is 0.336 e. The molecule has 0 amide bonds. The van der Waals surface area contributed by atoms with Crippen LogP contribution in [0.2, 0.25) is 5.02 Å². The Bertz CT molecular complexity index is 985. The first-order valence-electron chi connectivity index (χ1n) is 7.51. The number of halogens is 1. The minimum Gasteiger partial charge on any atom is -0.497 e. The number of hydrogen-bond donors (Lipinski definition) is 1. The highest BCUT2D eigenvalue weighted by atomic mass is 35.5. The van der Waals surface area contributed by atoms with Gasteiger partial charge in [0.1, 0.15) is 11.5 Å². The Hall–Kier alpha value is -2.79. The molecule has 128 valence electrons. The molecule has 1 N–H and O–H groups in total. The molecule has 1 aromatic heterocycles. The first kappa shape index (κ1) is 17.0. The van der Waals surface area contributed by atoms with Crippen LogP contribution in [0.4, 0.5) is 0 Å². The van der Waals surface area contributed by atoms with Crippen LogP contribution in [0.25, 0.3) is 22.2 Å². The van der Waals surface area contributed by atoms with E-state index in [1.165, 1.54) is 6.07 Å². The Balaban J connectivity index is 2.39. The Kier molecular flexibility index (Phi) is 4.51. The number of hydrogen-bond acceptors (Lipinski definition) is 4. The Morgan fingerprint density at radius 2 is 1.88 bits per heavy atom. The van der Waals surface area contributed by atoms with Crippen molar-refractivity contribution in [3.63, 3.8) is 0 Å². The van der Waals surface area contributed by atoms with E-state index in [4.69, 9.17) is 21.1 Å². The predicted octanol–water partition coefficient (Wildman–Crippen LogP) is 4.58. The predicted molar refractivity (Wildman–Crippen MR) is 97.0 cm³/mol. The number of pyridine rings is 1. The molecule has 0 atom stereocenters. The lowest BCUT2D eigenvalue weighted by Crippen LogP contribution is -2.02. The van der Waals surface area contributed by atoms with Gasteiger partial charge in [-0.2, -0.15) is 0 Å². The number of fused-ring (bicyclic) bond motifs is 1. The summed E-state index contributed by atoms with van der Waals surface area (Å²) < 4.78 is 10.7. The quantitative estimate of drug-likeness (QED) is 0.740. The number of carboxylic acid groups (broad SMARTS) is 1. The van der Waals surface area contributed by atoms with Crippen LogP contribution in [0, 0.1) is 6.92 Å². The second-order valence-electron chi connectivity index (χ2n) is 5.51. The molecular weight excluding hydrogens is 342 g/mol. The maximum Gasteiger partial charge on any atom is 0.336 e. The van der Waals surface area contributed by atoms with Gasteiger partial charge in [-0.25, -0.2) is 9.78 Å². The molecule has 3 aromatic rings. The summed E-state index contributed by atoms with van der Waals surface area (Å²) in [4.78, 5) is 16.4. The lowest BCUT2D eigenvalue weighted by atomic mass is 10.0. The van der Waals surface area contributed by atoms with Gasteiger partial charge in [0.2, 0.25) is 0 Å². The fraction of sp³-hybridized carbons (Fsp3) is 0.158. The zero-order valence-corrected chi connectivity index (χ0v) is 14.7. The Morgan fingerprint density at radius 3 is 2.52 bits per heavy atom. The number of ether oxygens (including phenoxy) is 2. The van der Waals surface area contributed by atoms with Crippen molar-refractivity contribution in [1.29, 1.82) is 0 Å². The van der Waals surface area contributed by atoms with Crippen molar-refractivity contribution in [3.05, 3.63) is 52.5 Å². The number of benzene rings is 2. The molecular formula is C19H16ClNO4. The normalized spacial score (nSPS) is 10.7. The van der Waals surface area contributed by atoms with Gasteiger partial charge in [0.05, 0.1) is 36.0 Å². The van der Waals surface area contributed by atoms with Crippen LogP contribution in [-0.4, -0.2) is 30.3 Å². The average molecular weight is 358 g/mol. The third kappa shape index (κ3) is 2.98. The van der Waals surface area contributed by atoms with Gasteiger partial charge in [-0.3, -0.25) is 0 Å². The number of methoxy groups -OCH3 is 2. The molecule has 0 spiro atoms. The van der Waals surface area contributed by atoms with Crippen LogP contribution in [0.3, 0.4) is 0 Å². The fourth-order valence-corrected chi connectivity index (χ4v) is 3.01. The van der Waals surface area contributed by atoms with Crippen LogP contribution >= 0.6 is 11.6 Å². The number of nitrogens with zero attached hydrogens (tertiary/aromatic N) is 1. The number of aryl methyl sites for hydroxylation is 1. The van der Waals surface area contributed by atoms with Crippen molar-refractivity contribution in [3.8, 4) is 22.8 Å².